The Morgan fingerprint density at radius 1 is 1.13 bits per heavy atom. The van der Waals surface area contributed by atoms with Crippen molar-refractivity contribution in [2.45, 2.75) is 64.4 Å². The molecule has 0 radical (unpaired) electrons. The second kappa shape index (κ2) is 8.54. The highest BCUT2D eigenvalue weighted by Crippen LogP contribution is 2.41. The number of hydrogen-bond acceptors (Lipinski definition) is 3. The molecule has 0 spiro atoms. The monoisotopic (exact) mass is 434 g/mol. The second-order valence-electron chi connectivity index (χ2n) is 9.04. The molecule has 3 rings (SSSR count). The van der Waals surface area contributed by atoms with E-state index in [4.69, 9.17) is 10.5 Å². The molecule has 0 aromatic heterocycles. The minimum Gasteiger partial charge on any atom is -0.444 e. The fraction of sp³-hybridized carbons (Fsp3) is 0.458. The average molecular weight is 435 g/mol. The maximum absolute atomic E-state index is 13.5. The second-order valence-corrected chi connectivity index (χ2v) is 9.04. The van der Waals surface area contributed by atoms with Crippen LogP contribution in [0.3, 0.4) is 0 Å². The topological polar surface area (TPSA) is 55.6 Å². The largest absolute Gasteiger partial charge is 0.444 e. The Kier molecular flexibility index (Phi) is 6.37. The Morgan fingerprint density at radius 2 is 1.77 bits per heavy atom. The lowest BCUT2D eigenvalue weighted by Crippen LogP contribution is -2.36. The molecule has 1 unspecified atom stereocenters. The number of ether oxygens (including phenoxy) is 1. The minimum atomic E-state index is -4.46. The summed E-state index contributed by atoms with van der Waals surface area (Å²) >= 11 is 0. The van der Waals surface area contributed by atoms with Crippen molar-refractivity contribution in [2.24, 2.45) is 5.73 Å². The molecular formula is C24H29F3N2O2. The van der Waals surface area contributed by atoms with E-state index in [2.05, 4.69) is 0 Å². The van der Waals surface area contributed by atoms with E-state index in [9.17, 15) is 18.0 Å². The fourth-order valence-corrected chi connectivity index (χ4v) is 3.87. The summed E-state index contributed by atoms with van der Waals surface area (Å²) in [4.78, 5) is 14.4. The number of halogens is 3. The van der Waals surface area contributed by atoms with Gasteiger partial charge in [0.2, 0.25) is 0 Å². The van der Waals surface area contributed by atoms with Crippen molar-refractivity contribution < 1.29 is 22.7 Å². The Bertz CT molecular complexity index is 931. The van der Waals surface area contributed by atoms with Crippen LogP contribution in [-0.2, 0) is 10.9 Å². The lowest BCUT2D eigenvalue weighted by atomic mass is 9.91. The molecule has 1 fully saturated rings. The molecule has 2 aromatic rings. The number of nitrogens with two attached hydrogens (primary N) is 1. The van der Waals surface area contributed by atoms with Gasteiger partial charge < -0.3 is 15.4 Å². The average Bonchev–Trinajstić information content (AvgIpc) is 3.15. The molecule has 0 aliphatic carbocycles. The molecule has 1 aliphatic heterocycles. The number of carbonyl (C=O) groups is 1. The van der Waals surface area contributed by atoms with Gasteiger partial charge in [-0.1, -0.05) is 30.3 Å². The predicted molar refractivity (Wildman–Crippen MR) is 114 cm³/mol. The first-order valence-corrected chi connectivity index (χ1v) is 10.4. The molecule has 2 N–H and O–H groups in total. The van der Waals surface area contributed by atoms with Gasteiger partial charge in [0, 0.05) is 12.6 Å². The predicted octanol–water partition coefficient (Wildman–Crippen LogP) is 6.46. The first-order chi connectivity index (χ1) is 14.4. The van der Waals surface area contributed by atoms with Crippen molar-refractivity contribution in [1.82, 2.24) is 4.90 Å². The van der Waals surface area contributed by atoms with Crippen LogP contribution >= 0.6 is 0 Å². The zero-order valence-electron chi connectivity index (χ0n) is 18.3. The van der Waals surface area contributed by atoms with Crippen LogP contribution in [0.2, 0.25) is 0 Å². The highest BCUT2D eigenvalue weighted by atomic mass is 19.4. The summed E-state index contributed by atoms with van der Waals surface area (Å²) in [7, 11) is 0. The van der Waals surface area contributed by atoms with Crippen LogP contribution in [-0.4, -0.2) is 23.1 Å². The number of nitrogens with zero attached hydrogens (tertiary/aromatic N) is 1. The van der Waals surface area contributed by atoms with E-state index >= 15 is 0 Å². The number of benzene rings is 2. The maximum atomic E-state index is 13.5. The minimum absolute atomic E-state index is 0.174. The van der Waals surface area contributed by atoms with Gasteiger partial charge >= 0.3 is 12.3 Å². The Hall–Kier alpha value is -2.54. The molecule has 0 bridgehead atoms. The third-order valence-electron chi connectivity index (χ3n) is 5.37. The summed E-state index contributed by atoms with van der Waals surface area (Å²) in [5.41, 5.74) is 7.24. The molecule has 4 nitrogen and oxygen atoms in total. The molecule has 0 saturated carbocycles. The summed E-state index contributed by atoms with van der Waals surface area (Å²) in [6.45, 7) is 7.73. The first kappa shape index (κ1) is 23.1. The van der Waals surface area contributed by atoms with Crippen molar-refractivity contribution >= 4 is 6.09 Å². The van der Waals surface area contributed by atoms with Crippen LogP contribution in [0.4, 0.5) is 18.0 Å². The smallest absolute Gasteiger partial charge is 0.416 e. The molecule has 1 saturated heterocycles. The Labute approximate surface area is 181 Å². The third kappa shape index (κ3) is 5.39. The molecule has 168 valence electrons. The number of likely N-dealkylation sites (tertiary alicyclic amines) is 1. The van der Waals surface area contributed by atoms with Gasteiger partial charge in [0.1, 0.15) is 5.60 Å². The van der Waals surface area contributed by atoms with Crippen molar-refractivity contribution in [1.29, 1.82) is 0 Å². The van der Waals surface area contributed by atoms with E-state index < -0.39 is 23.4 Å². The van der Waals surface area contributed by atoms with Gasteiger partial charge in [0.25, 0.3) is 0 Å². The van der Waals surface area contributed by atoms with E-state index in [1.54, 1.807) is 37.8 Å². The number of rotatable bonds is 3. The van der Waals surface area contributed by atoms with E-state index in [1.807, 2.05) is 19.1 Å². The summed E-state index contributed by atoms with van der Waals surface area (Å²) in [5.74, 6) is 0. The summed E-state index contributed by atoms with van der Waals surface area (Å²) in [5, 5.41) is 0. The quantitative estimate of drug-likeness (QED) is 0.603. The summed E-state index contributed by atoms with van der Waals surface area (Å²) in [6, 6.07) is 10.4. The molecule has 7 heteroatoms. The van der Waals surface area contributed by atoms with E-state index in [-0.39, 0.29) is 12.1 Å². The molecule has 1 aliphatic rings. The van der Waals surface area contributed by atoms with Gasteiger partial charge in [-0.2, -0.15) is 13.2 Å². The maximum Gasteiger partial charge on any atom is 0.416 e. The lowest BCUT2D eigenvalue weighted by molar-refractivity contribution is -0.137. The third-order valence-corrected chi connectivity index (χ3v) is 5.37. The molecule has 1 amide bonds. The Balaban J connectivity index is 2.06. The highest BCUT2D eigenvalue weighted by Gasteiger charge is 2.36. The number of carbonyl (C=O) groups excluding carboxylic acids is 1. The molecule has 2 aromatic carbocycles. The highest BCUT2D eigenvalue weighted by molar-refractivity contribution is 5.73. The summed E-state index contributed by atoms with van der Waals surface area (Å²) < 4.78 is 45.9. The van der Waals surface area contributed by atoms with Crippen LogP contribution in [0.25, 0.3) is 11.1 Å². The van der Waals surface area contributed by atoms with Crippen molar-refractivity contribution in [3.63, 3.8) is 0 Å². The van der Waals surface area contributed by atoms with Gasteiger partial charge in [-0.25, -0.2) is 4.79 Å². The van der Waals surface area contributed by atoms with Gasteiger partial charge in [-0.15, -0.1) is 0 Å². The number of hydrogen-bond donors (Lipinski definition) is 1. The number of alkyl halides is 3. The molecule has 31 heavy (non-hydrogen) atoms. The normalized spacial score (nSPS) is 18.2. The van der Waals surface area contributed by atoms with E-state index in [0.29, 0.717) is 29.7 Å². The van der Waals surface area contributed by atoms with Gasteiger partial charge in [0.15, 0.2) is 0 Å². The Morgan fingerprint density at radius 3 is 2.32 bits per heavy atom. The van der Waals surface area contributed by atoms with Crippen molar-refractivity contribution in [3.8, 4) is 11.1 Å². The van der Waals surface area contributed by atoms with Crippen molar-refractivity contribution in [3.05, 3.63) is 59.2 Å². The standard InChI is InChI=1S/C24H29F3N2O2/c1-15(28)16-7-9-17(10-8-16)20-14-18(24(25,26)27)11-12-19(20)21-6-5-13-29(21)22(30)31-23(2,3)4/h7-12,14-15,21H,5-6,13,28H2,1-4H3/t15-,21?/m1/s1. The van der Waals surface area contributed by atoms with Crippen LogP contribution < -0.4 is 5.73 Å². The SMILES string of the molecule is C[C@@H](N)c1ccc(-c2cc(C(F)(F)F)ccc2C2CCCN2C(=O)OC(C)(C)C)cc1. The zero-order valence-corrected chi connectivity index (χ0v) is 18.3. The van der Waals surface area contributed by atoms with Crippen LogP contribution in [0, 0.1) is 0 Å². The lowest BCUT2D eigenvalue weighted by Gasteiger charge is -2.30. The molecule has 2 atom stereocenters. The van der Waals surface area contributed by atoms with Gasteiger partial charge in [0.05, 0.1) is 11.6 Å². The fourth-order valence-electron chi connectivity index (χ4n) is 3.87. The zero-order chi connectivity index (χ0) is 23.0. The summed E-state index contributed by atoms with van der Waals surface area (Å²) in [6.07, 6.45) is -3.49. The molecular weight excluding hydrogens is 405 g/mol. The van der Waals surface area contributed by atoms with E-state index in [0.717, 1.165) is 18.1 Å². The van der Waals surface area contributed by atoms with Crippen molar-refractivity contribution in [2.75, 3.05) is 6.54 Å². The first-order valence-electron chi connectivity index (χ1n) is 10.4. The number of amides is 1. The van der Waals surface area contributed by atoms with Crippen LogP contribution in [0.15, 0.2) is 42.5 Å². The van der Waals surface area contributed by atoms with Gasteiger partial charge in [-0.3, -0.25) is 0 Å². The van der Waals surface area contributed by atoms with Crippen LogP contribution in [0.5, 0.6) is 0 Å². The van der Waals surface area contributed by atoms with Gasteiger partial charge in [-0.05, 0) is 74.9 Å². The van der Waals surface area contributed by atoms with E-state index in [1.165, 1.54) is 12.1 Å². The van der Waals surface area contributed by atoms with Crippen LogP contribution in [0.1, 0.15) is 69.3 Å². The molecule has 1 heterocycles.